The van der Waals surface area contributed by atoms with E-state index in [1.165, 1.54) is 0 Å². The second-order valence-electron chi connectivity index (χ2n) is 8.30. The summed E-state index contributed by atoms with van der Waals surface area (Å²) in [5.74, 6) is 0.392. The molecule has 0 saturated heterocycles. The second kappa shape index (κ2) is 9.46. The number of nitrogens with zero attached hydrogens (tertiary/aromatic N) is 2. The van der Waals surface area contributed by atoms with Crippen LogP contribution in [0, 0.1) is 0 Å². The molecule has 0 fully saturated rings. The molecule has 4 rings (SSSR count). The van der Waals surface area contributed by atoms with Gasteiger partial charge >= 0.3 is 12.4 Å². The molecular weight excluding hydrogens is 482 g/mol. The number of aliphatic hydroxyl groups is 1. The number of imidazole rings is 1. The summed E-state index contributed by atoms with van der Waals surface area (Å²) in [7, 11) is 0. The van der Waals surface area contributed by atoms with Crippen LogP contribution in [0.4, 0.5) is 26.3 Å². The highest BCUT2D eigenvalue weighted by Gasteiger charge is 2.71. The Hall–Kier alpha value is -3.59. The molecule has 1 N–H and O–H groups in total. The van der Waals surface area contributed by atoms with E-state index in [-0.39, 0.29) is 0 Å². The summed E-state index contributed by atoms with van der Waals surface area (Å²) in [4.78, 5) is 4.79. The highest BCUT2D eigenvalue weighted by Crippen LogP contribution is 2.50. The van der Waals surface area contributed by atoms with Gasteiger partial charge in [-0.25, -0.2) is 4.98 Å². The average molecular weight is 504 g/mol. The summed E-state index contributed by atoms with van der Waals surface area (Å²) in [5.41, 5.74) is -2.89. The van der Waals surface area contributed by atoms with Crippen molar-refractivity contribution in [2.45, 2.75) is 37.8 Å². The minimum Gasteiger partial charge on any atom is -0.369 e. The van der Waals surface area contributed by atoms with Crippen LogP contribution in [-0.4, -0.2) is 27.0 Å². The highest BCUT2D eigenvalue weighted by molar-refractivity contribution is 5.82. The minimum atomic E-state index is -5.95. The van der Waals surface area contributed by atoms with Crippen LogP contribution in [0.15, 0.2) is 84.9 Å². The van der Waals surface area contributed by atoms with Crippen LogP contribution in [0.3, 0.4) is 0 Å². The molecule has 3 nitrogen and oxygen atoms in total. The lowest BCUT2D eigenvalue weighted by molar-refractivity contribution is -0.376. The lowest BCUT2D eigenvalue weighted by atomic mass is 9.91. The lowest BCUT2D eigenvalue weighted by Gasteiger charge is -2.32. The van der Waals surface area contributed by atoms with Gasteiger partial charge in [0, 0.05) is 28.8 Å². The van der Waals surface area contributed by atoms with Crippen LogP contribution < -0.4 is 0 Å². The van der Waals surface area contributed by atoms with Gasteiger partial charge in [0.15, 0.2) is 0 Å². The van der Waals surface area contributed by atoms with E-state index in [1.54, 1.807) is 0 Å². The quantitative estimate of drug-likeness (QED) is 0.275. The molecule has 0 aliphatic carbocycles. The van der Waals surface area contributed by atoms with Gasteiger partial charge in [0.05, 0.1) is 11.4 Å². The summed E-state index contributed by atoms with van der Waals surface area (Å²) in [6.07, 6.45) is -11.2. The molecule has 0 amide bonds. The first-order valence-corrected chi connectivity index (χ1v) is 11.2. The smallest absolute Gasteiger partial charge is 0.369 e. The zero-order valence-electron chi connectivity index (χ0n) is 19.1. The fraction of sp³-hybridized carbons (Fsp3) is 0.222. The van der Waals surface area contributed by atoms with Crippen LogP contribution in [-0.2, 0) is 12.1 Å². The van der Waals surface area contributed by atoms with Gasteiger partial charge in [0.2, 0.25) is 0 Å². The van der Waals surface area contributed by atoms with Crippen molar-refractivity contribution < 1.29 is 31.4 Å². The minimum absolute atomic E-state index is 0.318. The van der Waals surface area contributed by atoms with Crippen molar-refractivity contribution in [1.29, 1.82) is 0 Å². The topological polar surface area (TPSA) is 38.0 Å². The first-order chi connectivity index (χ1) is 17.0. The highest BCUT2D eigenvalue weighted by atomic mass is 19.4. The van der Waals surface area contributed by atoms with Gasteiger partial charge in [0.25, 0.3) is 5.60 Å². The molecule has 36 heavy (non-hydrogen) atoms. The monoisotopic (exact) mass is 504 g/mol. The molecule has 0 bridgehead atoms. The van der Waals surface area contributed by atoms with Crippen molar-refractivity contribution in [3.8, 4) is 33.9 Å². The summed E-state index contributed by atoms with van der Waals surface area (Å²) >= 11 is 0. The Morgan fingerprint density at radius 1 is 0.694 bits per heavy atom. The van der Waals surface area contributed by atoms with Crippen molar-refractivity contribution in [3.05, 3.63) is 90.5 Å². The van der Waals surface area contributed by atoms with Gasteiger partial charge in [-0.3, -0.25) is 0 Å². The molecule has 0 aliphatic rings. The maximum absolute atomic E-state index is 13.3. The maximum atomic E-state index is 13.3. The molecule has 4 aromatic rings. The molecule has 3 aromatic carbocycles. The molecule has 0 aliphatic heterocycles. The molecule has 0 unspecified atom stereocenters. The van der Waals surface area contributed by atoms with E-state index in [9.17, 15) is 31.4 Å². The number of alkyl halides is 6. The molecule has 1 heterocycles. The number of rotatable bonds is 6. The van der Waals surface area contributed by atoms with E-state index in [0.29, 0.717) is 42.2 Å². The summed E-state index contributed by atoms with van der Waals surface area (Å²) < 4.78 is 81.8. The lowest BCUT2D eigenvalue weighted by Crippen LogP contribution is -2.53. The normalized spacial score (nSPS) is 12.7. The van der Waals surface area contributed by atoms with Crippen molar-refractivity contribution in [3.63, 3.8) is 0 Å². The Bertz CT molecular complexity index is 1300. The first kappa shape index (κ1) is 25.5. The zero-order valence-corrected chi connectivity index (χ0v) is 19.1. The second-order valence-corrected chi connectivity index (χ2v) is 8.30. The summed E-state index contributed by atoms with van der Waals surface area (Å²) in [6, 6.07) is 22.3. The van der Waals surface area contributed by atoms with Crippen molar-refractivity contribution in [1.82, 2.24) is 9.55 Å². The van der Waals surface area contributed by atoms with E-state index >= 15 is 0 Å². The van der Waals surface area contributed by atoms with E-state index in [0.717, 1.165) is 29.0 Å². The fourth-order valence-corrected chi connectivity index (χ4v) is 4.15. The number of hydrogen-bond acceptors (Lipinski definition) is 2. The van der Waals surface area contributed by atoms with Crippen molar-refractivity contribution in [2.75, 3.05) is 0 Å². The predicted octanol–water partition coefficient (Wildman–Crippen LogP) is 7.61. The molecule has 0 atom stereocenters. The zero-order chi connectivity index (χ0) is 26.1. The van der Waals surface area contributed by atoms with E-state index in [1.807, 2.05) is 72.2 Å². The summed E-state index contributed by atoms with van der Waals surface area (Å²) in [5, 5.41) is 9.73. The Morgan fingerprint density at radius 2 is 1.19 bits per heavy atom. The van der Waals surface area contributed by atoms with E-state index < -0.39 is 23.5 Å². The fourth-order valence-electron chi connectivity index (χ4n) is 4.15. The molecule has 188 valence electrons. The number of halogens is 6. The van der Waals surface area contributed by atoms with Gasteiger partial charge in [-0.05, 0) is 6.42 Å². The van der Waals surface area contributed by atoms with Gasteiger partial charge in [0.1, 0.15) is 5.82 Å². The Balaban J connectivity index is 1.91. The molecule has 0 spiro atoms. The third-order valence-electron chi connectivity index (χ3n) is 5.89. The van der Waals surface area contributed by atoms with Gasteiger partial charge in [-0.2, -0.15) is 26.3 Å². The van der Waals surface area contributed by atoms with Crippen LogP contribution in [0.1, 0.15) is 18.9 Å². The van der Waals surface area contributed by atoms with Gasteiger partial charge in [-0.1, -0.05) is 91.9 Å². The average Bonchev–Trinajstić information content (AvgIpc) is 3.23. The third kappa shape index (κ3) is 4.39. The van der Waals surface area contributed by atoms with E-state index in [2.05, 4.69) is 0 Å². The number of aromatic nitrogens is 2. The molecular formula is C27H22F6N2O. The Labute approximate surface area is 203 Å². The van der Waals surface area contributed by atoms with Crippen molar-refractivity contribution in [2.24, 2.45) is 0 Å². The first-order valence-electron chi connectivity index (χ1n) is 11.2. The van der Waals surface area contributed by atoms with Crippen LogP contribution in [0.25, 0.3) is 33.9 Å². The third-order valence-corrected chi connectivity index (χ3v) is 5.89. The standard InChI is InChI=1S/C27H22F6N2O/c1-2-17-35-23(19-11-7-4-8-12-19)22(18-9-5-3-6-10-18)34-24(35)20-13-15-21(16-14-20)25(36,26(28,29)30)27(31,32)33/h3-16,36H,2,17H2,1H3. The molecule has 9 heteroatoms. The van der Waals surface area contributed by atoms with Gasteiger partial charge in [-0.15, -0.1) is 0 Å². The SMILES string of the molecule is CCCn1c(-c2ccc(C(O)(C(F)(F)F)C(F)(F)F)cc2)nc(-c2ccccc2)c1-c1ccccc1. The van der Waals surface area contributed by atoms with Crippen LogP contribution in [0.2, 0.25) is 0 Å². The Morgan fingerprint density at radius 3 is 1.67 bits per heavy atom. The molecule has 0 radical (unpaired) electrons. The number of benzene rings is 3. The predicted molar refractivity (Wildman–Crippen MR) is 125 cm³/mol. The van der Waals surface area contributed by atoms with Crippen LogP contribution in [0.5, 0.6) is 0 Å². The summed E-state index contributed by atoms with van der Waals surface area (Å²) in [6.45, 7) is 2.47. The molecule has 0 saturated carbocycles. The van der Waals surface area contributed by atoms with Gasteiger partial charge < -0.3 is 9.67 Å². The molecule has 1 aromatic heterocycles. The Kier molecular flexibility index (Phi) is 6.70. The van der Waals surface area contributed by atoms with E-state index in [4.69, 9.17) is 4.98 Å². The largest absolute Gasteiger partial charge is 0.430 e. The number of hydrogen-bond donors (Lipinski definition) is 1. The van der Waals surface area contributed by atoms with Crippen molar-refractivity contribution >= 4 is 0 Å². The maximum Gasteiger partial charge on any atom is 0.430 e. The van der Waals surface area contributed by atoms with Crippen LogP contribution >= 0.6 is 0 Å².